The van der Waals surface area contributed by atoms with Gasteiger partial charge in [0.15, 0.2) is 0 Å². The monoisotopic (exact) mass is 666 g/mol. The Morgan fingerprint density at radius 1 is 0.480 bits per heavy atom. The number of hydrogen-bond acceptors (Lipinski definition) is 1. The minimum atomic E-state index is -0.0467. The second-order valence-electron chi connectivity index (χ2n) is 16.2. The maximum Gasteiger partial charge on any atom is 0.255 e. The summed E-state index contributed by atoms with van der Waals surface area (Å²) < 4.78 is 10.4. The molecule has 6 heteroatoms. The smallest absolute Gasteiger partial charge is 0.255 e. The molecule has 50 heavy (non-hydrogen) atoms. The summed E-state index contributed by atoms with van der Waals surface area (Å²) in [5.74, 6) is 0. The molecule has 244 valence electrons. The second kappa shape index (κ2) is 9.10. The highest BCUT2D eigenvalue weighted by atomic mass is 32.2. The van der Waals surface area contributed by atoms with E-state index in [4.69, 9.17) is 0 Å². The molecule has 0 unspecified atom stereocenters. The Balaban J connectivity index is 0.00000148. The van der Waals surface area contributed by atoms with Gasteiger partial charge in [-0.1, -0.05) is 110 Å². The molecule has 0 fully saturated rings. The van der Waals surface area contributed by atoms with Crippen molar-refractivity contribution in [2.75, 3.05) is 0 Å². The topological polar surface area (TPSA) is 18.7 Å². The van der Waals surface area contributed by atoms with Gasteiger partial charge < -0.3 is 0 Å². The molecular weight excluding hydrogens is 627 g/mol. The van der Waals surface area contributed by atoms with E-state index in [0.717, 1.165) is 0 Å². The lowest BCUT2D eigenvalue weighted by Crippen LogP contribution is -2.61. The van der Waals surface area contributed by atoms with Crippen LogP contribution in [0.15, 0.2) is 101 Å². The maximum atomic E-state index is 2.65. The van der Waals surface area contributed by atoms with Gasteiger partial charge in [-0.2, -0.15) is 0 Å². The van der Waals surface area contributed by atoms with Crippen LogP contribution in [0.2, 0.25) is 0 Å². The molecule has 5 aromatic carbocycles. The zero-order chi connectivity index (χ0) is 34.2. The predicted octanol–water partition coefficient (Wildman–Crippen LogP) is 9.61. The standard InChI is InChI=1S/C42H33BN4S.C2H6/c1-41(2,3)32-22-12-7-9-14-24(22)44-28-18-20-30-35-37(28)46(39(32)44)26-16-11-17-27-34(26)43(35)36-31(48-30)21-19-29-38(36)47(27)40-33(42(4,5)6)23-13-8-10-15-25(23)45(29)40;1-2/h7-21H,1-6H3;1-2H3. The van der Waals surface area contributed by atoms with Crippen LogP contribution < -0.4 is 16.4 Å². The van der Waals surface area contributed by atoms with E-state index < -0.39 is 0 Å². The largest absolute Gasteiger partial charge is 0.295 e. The first kappa shape index (κ1) is 29.0. The van der Waals surface area contributed by atoms with Gasteiger partial charge in [0.1, 0.15) is 11.3 Å². The molecule has 9 aromatic rings. The van der Waals surface area contributed by atoms with Crippen molar-refractivity contribution in [2.45, 2.75) is 76.0 Å². The molecule has 12 rings (SSSR count). The van der Waals surface area contributed by atoms with Crippen molar-refractivity contribution < 1.29 is 0 Å². The van der Waals surface area contributed by atoms with Crippen molar-refractivity contribution in [3.8, 4) is 11.4 Å². The van der Waals surface area contributed by atoms with E-state index in [1.165, 1.54) is 104 Å². The van der Waals surface area contributed by atoms with E-state index in [1.54, 1.807) is 0 Å². The van der Waals surface area contributed by atoms with Crippen molar-refractivity contribution in [3.63, 3.8) is 0 Å². The Morgan fingerprint density at radius 3 is 1.36 bits per heavy atom. The van der Waals surface area contributed by atoms with E-state index in [-0.39, 0.29) is 17.5 Å². The molecule has 0 saturated heterocycles. The fraction of sp³-hybridized carbons (Fsp3) is 0.227. The Bertz CT molecular complexity index is 2810. The molecule has 0 saturated carbocycles. The Kier molecular flexibility index (Phi) is 5.27. The van der Waals surface area contributed by atoms with Gasteiger partial charge in [0.25, 0.3) is 6.71 Å². The van der Waals surface area contributed by atoms with E-state index >= 15 is 0 Å². The van der Waals surface area contributed by atoms with Crippen molar-refractivity contribution in [1.29, 1.82) is 0 Å². The van der Waals surface area contributed by atoms with Gasteiger partial charge in [0, 0.05) is 43.1 Å². The molecule has 0 radical (unpaired) electrons. The van der Waals surface area contributed by atoms with Crippen LogP contribution in [0, 0.1) is 0 Å². The first-order valence-corrected chi connectivity index (χ1v) is 19.0. The van der Waals surface area contributed by atoms with Crippen LogP contribution in [0.1, 0.15) is 66.5 Å². The molecule has 0 N–H and O–H groups in total. The molecule has 4 nitrogen and oxygen atoms in total. The number of rotatable bonds is 0. The van der Waals surface area contributed by atoms with E-state index in [1.807, 2.05) is 25.6 Å². The third-order valence-electron chi connectivity index (χ3n) is 11.5. The molecule has 3 aliphatic rings. The number of aromatic nitrogens is 4. The first-order chi connectivity index (χ1) is 24.1. The summed E-state index contributed by atoms with van der Waals surface area (Å²) in [5.41, 5.74) is 20.3. The van der Waals surface area contributed by atoms with Gasteiger partial charge in [-0.05, 0) is 75.7 Å². The highest BCUT2D eigenvalue weighted by Crippen LogP contribution is 2.47. The number of para-hydroxylation sites is 2. The lowest BCUT2D eigenvalue weighted by molar-refractivity contribution is 0.598. The molecule has 4 aromatic heterocycles. The average Bonchev–Trinajstić information content (AvgIpc) is 3.82. The van der Waals surface area contributed by atoms with Gasteiger partial charge >= 0.3 is 0 Å². The fourth-order valence-corrected chi connectivity index (χ4v) is 11.2. The quantitative estimate of drug-likeness (QED) is 0.148. The molecule has 0 bridgehead atoms. The van der Waals surface area contributed by atoms with Gasteiger partial charge in [-0.25, -0.2) is 0 Å². The first-order valence-electron chi connectivity index (χ1n) is 18.2. The summed E-state index contributed by atoms with van der Waals surface area (Å²) in [6.07, 6.45) is 0. The van der Waals surface area contributed by atoms with E-state index in [9.17, 15) is 0 Å². The van der Waals surface area contributed by atoms with E-state index in [0.29, 0.717) is 0 Å². The summed E-state index contributed by atoms with van der Waals surface area (Å²) >= 11 is 1.96. The van der Waals surface area contributed by atoms with Gasteiger partial charge in [-0.15, -0.1) is 0 Å². The molecule has 0 atom stereocenters. The summed E-state index contributed by atoms with van der Waals surface area (Å²) in [6, 6.07) is 34.7. The zero-order valence-corrected chi connectivity index (χ0v) is 30.8. The van der Waals surface area contributed by atoms with Crippen LogP contribution in [0.3, 0.4) is 0 Å². The average molecular weight is 667 g/mol. The van der Waals surface area contributed by atoms with E-state index in [2.05, 4.69) is 150 Å². The van der Waals surface area contributed by atoms with Crippen LogP contribution >= 0.6 is 11.8 Å². The van der Waals surface area contributed by atoms with Crippen LogP contribution in [-0.2, 0) is 10.8 Å². The lowest BCUT2D eigenvalue weighted by Gasteiger charge is -2.37. The number of fused-ring (bicyclic) bond motifs is 12. The third kappa shape index (κ3) is 3.11. The Morgan fingerprint density at radius 2 is 0.920 bits per heavy atom. The SMILES string of the molecule is CC.CC(C)(C)c1c2ccccc2n2c3ccc4c5c3n(c12)-c1cccc2c1B5c1c(ccc3c1n-2c1c(C(C)(C)C)c2ccccc2n31)S4. The van der Waals surface area contributed by atoms with Crippen LogP contribution in [-0.4, -0.2) is 24.6 Å². The van der Waals surface area contributed by atoms with Crippen molar-refractivity contribution >= 4 is 90.0 Å². The van der Waals surface area contributed by atoms with Crippen LogP contribution in [0.5, 0.6) is 0 Å². The summed E-state index contributed by atoms with van der Waals surface area (Å²) in [7, 11) is 0. The van der Waals surface area contributed by atoms with Gasteiger partial charge in [0.2, 0.25) is 0 Å². The molecule has 0 aliphatic carbocycles. The maximum absolute atomic E-state index is 2.65. The molecule has 0 amide bonds. The minimum Gasteiger partial charge on any atom is -0.295 e. The number of nitrogens with zero attached hydrogens (tertiary/aromatic N) is 4. The zero-order valence-electron chi connectivity index (χ0n) is 29.9. The fourth-order valence-electron chi connectivity index (χ4n) is 10.0. The molecule has 7 heterocycles. The predicted molar refractivity (Wildman–Crippen MR) is 215 cm³/mol. The summed E-state index contributed by atoms with van der Waals surface area (Å²) in [6.45, 7) is 18.4. The summed E-state index contributed by atoms with van der Waals surface area (Å²) in [4.78, 5) is 2.77. The van der Waals surface area contributed by atoms with Gasteiger partial charge in [-0.3, -0.25) is 17.9 Å². The minimum absolute atomic E-state index is 0.0467. The lowest BCUT2D eigenvalue weighted by atomic mass is 9.34. The number of imidazole rings is 2. The number of benzene rings is 5. The van der Waals surface area contributed by atoms with Crippen molar-refractivity contribution in [1.82, 2.24) is 17.9 Å². The van der Waals surface area contributed by atoms with Crippen LogP contribution in [0.4, 0.5) is 0 Å². The molecule has 0 spiro atoms. The van der Waals surface area contributed by atoms with Crippen molar-refractivity contribution in [3.05, 3.63) is 102 Å². The van der Waals surface area contributed by atoms with Crippen molar-refractivity contribution in [2.24, 2.45) is 0 Å². The Labute approximate surface area is 296 Å². The molecule has 3 aliphatic heterocycles. The van der Waals surface area contributed by atoms with Gasteiger partial charge in [0.05, 0.1) is 33.1 Å². The molecular formula is C44H39BN4S. The highest BCUT2D eigenvalue weighted by Gasteiger charge is 2.47. The Hall–Kier alpha value is -4.81. The summed E-state index contributed by atoms with van der Waals surface area (Å²) in [5, 5.41) is 2.70. The number of hydrogen-bond donors (Lipinski definition) is 0. The third-order valence-corrected chi connectivity index (χ3v) is 12.6. The second-order valence-corrected chi connectivity index (χ2v) is 17.3. The van der Waals surface area contributed by atoms with Crippen LogP contribution in [0.25, 0.3) is 66.5 Å². The highest BCUT2D eigenvalue weighted by molar-refractivity contribution is 8.00. The normalized spacial score (nSPS) is 14.3.